The lowest BCUT2D eigenvalue weighted by Crippen LogP contribution is -2.32. The number of pyridine rings is 1. The molecule has 174 valence electrons. The van der Waals surface area contributed by atoms with Crippen molar-refractivity contribution >= 4 is 22.9 Å². The van der Waals surface area contributed by atoms with Gasteiger partial charge in [0.05, 0.1) is 17.7 Å². The lowest BCUT2D eigenvalue weighted by Gasteiger charge is -2.21. The fourth-order valence-corrected chi connectivity index (χ4v) is 3.85. The van der Waals surface area contributed by atoms with Gasteiger partial charge in [0.15, 0.2) is 17.3 Å². The summed E-state index contributed by atoms with van der Waals surface area (Å²) in [7, 11) is 0. The molecule has 11 heteroatoms. The lowest BCUT2D eigenvalue weighted by atomic mass is 10.0. The van der Waals surface area contributed by atoms with Crippen LogP contribution >= 0.6 is 0 Å². The highest BCUT2D eigenvalue weighted by atomic mass is 19.4. The average molecular weight is 462 g/mol. The molecule has 1 fully saturated rings. The number of imide groups is 1. The van der Waals surface area contributed by atoms with E-state index in [1.807, 2.05) is 6.92 Å². The normalized spacial score (nSPS) is 16.5. The van der Waals surface area contributed by atoms with E-state index < -0.39 is 29.9 Å². The number of alkyl halides is 3. The van der Waals surface area contributed by atoms with Crippen LogP contribution in [0.2, 0.25) is 0 Å². The molecule has 3 aromatic rings. The molecule has 3 heterocycles. The van der Waals surface area contributed by atoms with Gasteiger partial charge in [-0.05, 0) is 37.1 Å². The first-order valence-electron chi connectivity index (χ1n) is 10.4. The zero-order valence-electron chi connectivity index (χ0n) is 17.7. The Labute approximate surface area is 186 Å². The van der Waals surface area contributed by atoms with Crippen LogP contribution in [-0.2, 0) is 17.4 Å². The number of urea groups is 1. The van der Waals surface area contributed by atoms with Crippen molar-refractivity contribution in [1.29, 1.82) is 0 Å². The van der Waals surface area contributed by atoms with E-state index in [-0.39, 0.29) is 24.1 Å². The van der Waals surface area contributed by atoms with Crippen molar-refractivity contribution in [2.45, 2.75) is 38.4 Å². The minimum Gasteiger partial charge on any atom is -0.493 e. The Hall–Kier alpha value is -3.63. The maximum Gasteiger partial charge on any atom is 0.437 e. The SMILES string of the molecule is CCCc1c(OCCCN2C(=O)NC(=O)C2c2ccccn2)ccc2c(C(F)(F)F)noc12. The fourth-order valence-electron chi connectivity index (χ4n) is 3.85. The van der Waals surface area contributed by atoms with Gasteiger partial charge in [0.25, 0.3) is 5.91 Å². The summed E-state index contributed by atoms with van der Waals surface area (Å²) in [5.74, 6) is -0.0430. The molecule has 0 saturated carbocycles. The van der Waals surface area contributed by atoms with E-state index >= 15 is 0 Å². The van der Waals surface area contributed by atoms with Crippen LogP contribution in [0.5, 0.6) is 5.75 Å². The Kier molecular flexibility index (Phi) is 6.21. The number of fused-ring (bicyclic) bond motifs is 1. The Morgan fingerprint density at radius 1 is 1.21 bits per heavy atom. The Bertz CT molecular complexity index is 1160. The third kappa shape index (κ3) is 4.48. The first-order valence-corrected chi connectivity index (χ1v) is 10.4. The molecular weight excluding hydrogens is 441 g/mol. The molecule has 1 aliphatic heterocycles. The van der Waals surface area contributed by atoms with Crippen molar-refractivity contribution in [1.82, 2.24) is 20.4 Å². The summed E-state index contributed by atoms with van der Waals surface area (Å²) in [6, 6.07) is 6.55. The van der Waals surface area contributed by atoms with Crippen molar-refractivity contribution in [3.63, 3.8) is 0 Å². The molecule has 1 unspecified atom stereocenters. The molecule has 0 spiro atoms. The van der Waals surface area contributed by atoms with Crippen LogP contribution in [-0.4, -0.2) is 40.1 Å². The Balaban J connectivity index is 1.46. The van der Waals surface area contributed by atoms with Gasteiger partial charge in [0, 0.05) is 18.3 Å². The van der Waals surface area contributed by atoms with Gasteiger partial charge in [-0.3, -0.25) is 15.1 Å². The second-order valence-electron chi connectivity index (χ2n) is 7.54. The molecule has 2 aromatic heterocycles. The number of rotatable bonds is 8. The summed E-state index contributed by atoms with van der Waals surface area (Å²) in [5, 5.41) is 5.39. The second kappa shape index (κ2) is 9.08. The standard InChI is InChI=1S/C22H21F3N4O4/c1-2-6-13-16(9-8-14-18(13)33-28-19(14)22(23,24)25)32-12-5-11-29-17(20(30)27-21(29)31)15-7-3-4-10-26-15/h3-4,7-10,17H,2,5-6,11-12H2,1H3,(H,27,30,31). The molecule has 1 N–H and O–H groups in total. The number of nitrogens with one attached hydrogen (secondary N) is 1. The molecule has 0 aliphatic carbocycles. The van der Waals surface area contributed by atoms with Crippen LogP contribution in [0, 0.1) is 0 Å². The van der Waals surface area contributed by atoms with Crippen LogP contribution in [0.15, 0.2) is 41.1 Å². The van der Waals surface area contributed by atoms with E-state index in [2.05, 4.69) is 15.5 Å². The van der Waals surface area contributed by atoms with E-state index in [0.717, 1.165) is 0 Å². The quantitative estimate of drug-likeness (QED) is 0.397. The molecule has 33 heavy (non-hydrogen) atoms. The summed E-state index contributed by atoms with van der Waals surface area (Å²) in [5.41, 5.74) is -0.0326. The first kappa shape index (κ1) is 22.6. The number of benzene rings is 1. The molecular formula is C22H21F3N4O4. The monoisotopic (exact) mass is 462 g/mol. The molecule has 3 amide bonds. The van der Waals surface area contributed by atoms with Crippen molar-refractivity contribution in [2.24, 2.45) is 0 Å². The van der Waals surface area contributed by atoms with Gasteiger partial charge in [-0.2, -0.15) is 13.2 Å². The molecule has 1 saturated heterocycles. The average Bonchev–Trinajstić information content (AvgIpc) is 3.33. The maximum atomic E-state index is 13.2. The fraction of sp³-hybridized carbons (Fsp3) is 0.364. The highest BCUT2D eigenvalue weighted by Gasteiger charge is 2.40. The minimum absolute atomic E-state index is 0.0569. The largest absolute Gasteiger partial charge is 0.493 e. The second-order valence-corrected chi connectivity index (χ2v) is 7.54. The van der Waals surface area contributed by atoms with Crippen LogP contribution in [0.4, 0.5) is 18.0 Å². The predicted molar refractivity (Wildman–Crippen MR) is 110 cm³/mol. The molecule has 1 aliphatic rings. The first-order chi connectivity index (χ1) is 15.8. The number of carbonyl (C=O) groups excluding carboxylic acids is 2. The number of aryl methyl sites for hydroxylation is 1. The van der Waals surface area contributed by atoms with Gasteiger partial charge < -0.3 is 14.2 Å². The van der Waals surface area contributed by atoms with Gasteiger partial charge >= 0.3 is 12.2 Å². The number of amides is 3. The van der Waals surface area contributed by atoms with Crippen molar-refractivity contribution in [3.8, 4) is 5.75 Å². The third-order valence-corrected chi connectivity index (χ3v) is 5.29. The molecule has 1 aromatic carbocycles. The van der Waals surface area contributed by atoms with Crippen LogP contribution in [0.3, 0.4) is 0 Å². The van der Waals surface area contributed by atoms with Crippen LogP contribution in [0.25, 0.3) is 11.0 Å². The summed E-state index contributed by atoms with van der Waals surface area (Å²) < 4.78 is 50.3. The number of nitrogens with zero attached hydrogens (tertiary/aromatic N) is 3. The van der Waals surface area contributed by atoms with Gasteiger partial charge in [-0.15, -0.1) is 0 Å². The van der Waals surface area contributed by atoms with E-state index in [0.29, 0.717) is 36.3 Å². The third-order valence-electron chi connectivity index (χ3n) is 5.29. The number of carbonyl (C=O) groups is 2. The number of aromatic nitrogens is 2. The van der Waals surface area contributed by atoms with Gasteiger partial charge in [-0.1, -0.05) is 24.6 Å². The van der Waals surface area contributed by atoms with Crippen LogP contribution in [0.1, 0.15) is 42.8 Å². The highest BCUT2D eigenvalue weighted by Crippen LogP contribution is 2.38. The summed E-state index contributed by atoms with van der Waals surface area (Å²) in [4.78, 5) is 30.0. The van der Waals surface area contributed by atoms with Gasteiger partial charge in [-0.25, -0.2) is 4.79 Å². The minimum atomic E-state index is -4.62. The Morgan fingerprint density at radius 2 is 2.03 bits per heavy atom. The molecule has 4 rings (SSSR count). The predicted octanol–water partition coefficient (Wildman–Crippen LogP) is 4.26. The van der Waals surface area contributed by atoms with E-state index in [1.165, 1.54) is 17.0 Å². The van der Waals surface area contributed by atoms with E-state index in [4.69, 9.17) is 9.26 Å². The number of ether oxygens (including phenoxy) is 1. The van der Waals surface area contributed by atoms with Crippen molar-refractivity contribution in [2.75, 3.05) is 13.2 Å². The van der Waals surface area contributed by atoms with Crippen LogP contribution < -0.4 is 10.1 Å². The zero-order chi connectivity index (χ0) is 23.6. The van der Waals surface area contributed by atoms with Gasteiger partial charge in [0.1, 0.15) is 5.75 Å². The smallest absolute Gasteiger partial charge is 0.437 e. The molecule has 0 bridgehead atoms. The zero-order valence-corrected chi connectivity index (χ0v) is 17.7. The highest BCUT2D eigenvalue weighted by molar-refractivity contribution is 6.04. The Morgan fingerprint density at radius 3 is 2.73 bits per heavy atom. The summed E-state index contributed by atoms with van der Waals surface area (Å²) >= 11 is 0. The topological polar surface area (TPSA) is 97.6 Å². The maximum absolute atomic E-state index is 13.2. The van der Waals surface area contributed by atoms with E-state index in [9.17, 15) is 22.8 Å². The lowest BCUT2D eigenvalue weighted by molar-refractivity contribution is -0.141. The summed E-state index contributed by atoms with van der Waals surface area (Å²) in [6.45, 7) is 2.30. The molecule has 8 nitrogen and oxygen atoms in total. The summed E-state index contributed by atoms with van der Waals surface area (Å²) in [6.07, 6.45) is -1.57. The van der Waals surface area contributed by atoms with E-state index in [1.54, 1.807) is 24.4 Å². The van der Waals surface area contributed by atoms with Crippen molar-refractivity contribution < 1.29 is 32.0 Å². The molecule has 0 radical (unpaired) electrons. The van der Waals surface area contributed by atoms with Gasteiger partial charge in [0.2, 0.25) is 0 Å². The number of hydrogen-bond acceptors (Lipinski definition) is 6. The van der Waals surface area contributed by atoms with Crippen molar-refractivity contribution in [3.05, 3.63) is 53.5 Å². The number of halogens is 3. The number of hydrogen-bond donors (Lipinski definition) is 1. The molecule has 1 atom stereocenters.